The summed E-state index contributed by atoms with van der Waals surface area (Å²) < 4.78 is 19.8. The molecule has 7 aromatic rings. The molecule has 18 nitrogen and oxygen atoms in total. The fourth-order valence-corrected chi connectivity index (χ4v) is 6.78. The summed E-state index contributed by atoms with van der Waals surface area (Å²) >= 11 is 22.9. The van der Waals surface area contributed by atoms with Crippen LogP contribution in [0.15, 0.2) is 127 Å². The molecule has 410 valence electrons. The van der Waals surface area contributed by atoms with E-state index in [1.165, 1.54) is 69.4 Å². The number of nitro benzene ring substituents is 4. The fourth-order valence-electron chi connectivity index (χ4n) is 5.79. The molecule has 0 unspecified atom stereocenters. The summed E-state index contributed by atoms with van der Waals surface area (Å²) in [5.74, 6) is 1.13. The maximum atomic E-state index is 10.6. The molecule has 0 saturated heterocycles. The molecule has 0 amide bonds. The highest BCUT2D eigenvalue weighted by Crippen LogP contribution is 2.34. The van der Waals surface area contributed by atoms with E-state index >= 15 is 0 Å². The van der Waals surface area contributed by atoms with Gasteiger partial charge in [-0.15, -0.1) is 0 Å². The van der Waals surface area contributed by atoms with Crippen molar-refractivity contribution < 1.29 is 48.5 Å². The van der Waals surface area contributed by atoms with E-state index in [9.17, 15) is 45.3 Å². The summed E-state index contributed by atoms with van der Waals surface area (Å²) in [6, 6.07) is 35.2. The Kier molecular flexibility index (Phi) is 29.4. The first kappa shape index (κ1) is 67.0. The molecule has 7 aromatic carbocycles. The Hall–Kier alpha value is -8.03. The van der Waals surface area contributed by atoms with Gasteiger partial charge in [-0.05, 0) is 137 Å². The van der Waals surface area contributed by atoms with Crippen LogP contribution in [0, 0.1) is 95.8 Å². The number of nitro groups is 4. The summed E-state index contributed by atoms with van der Waals surface area (Å²) in [5.41, 5.74) is 8.22. The molecule has 0 atom stereocenters. The van der Waals surface area contributed by atoms with Gasteiger partial charge in [0.25, 0.3) is 17.1 Å². The third-order valence-corrected chi connectivity index (χ3v) is 11.5. The predicted molar refractivity (Wildman–Crippen MR) is 303 cm³/mol. The predicted octanol–water partition coefficient (Wildman–Crippen LogP) is 16.3. The van der Waals surface area contributed by atoms with Gasteiger partial charge in [-0.2, -0.15) is 0 Å². The van der Waals surface area contributed by atoms with Crippen LogP contribution >= 0.6 is 46.4 Å². The number of carbonyl (C=O) groups is 1. The van der Waals surface area contributed by atoms with Crippen molar-refractivity contribution in [3.63, 3.8) is 0 Å². The van der Waals surface area contributed by atoms with E-state index in [4.69, 9.17) is 70.5 Å². The molecule has 0 heterocycles. The second kappa shape index (κ2) is 33.8. The quantitative estimate of drug-likeness (QED) is 0.104. The van der Waals surface area contributed by atoms with Crippen molar-refractivity contribution >= 4 is 75.1 Å². The van der Waals surface area contributed by atoms with Gasteiger partial charge in [0.15, 0.2) is 5.75 Å². The highest BCUT2D eigenvalue weighted by molar-refractivity contribution is 6.35. The maximum absolute atomic E-state index is 10.6. The zero-order chi connectivity index (χ0) is 58.7. The Labute approximate surface area is 466 Å². The number of nitrogens with zero attached hydrogens (tertiary/aromatic N) is 4. The van der Waals surface area contributed by atoms with E-state index in [-0.39, 0.29) is 33.5 Å². The average molecular weight is 1140 g/mol. The standard InChI is InChI=1S/C9H11NO4.C8H9ClO.C8H9Cl.C8H9NO3.C8H8O2.C7H5Cl2NO2.C7H7NO2/c1-6-4-9(14-3)7(10(11)12)5-8(6)13-2;1-6-3-4-8(10-2)7(9)5-6;1-6-3-4-7(2)8(9)5-6;1-6-3-4-7(9(10)11)5-8(6)12-2;1-6-3-2-4-7(5-6)8(9)10;1-4-2-6(9)7(10(11)12)3-5(4)8;1-6-2-4-7(5-3-6)8(9)10/h4-5H,1-3H3;3-5H,1-2H3;3-5H,1-2H3;3-5H,1-2H3;2-5H,1H3,(H,9,10);2-3H,1H3;2-5H,1H3. The molecule has 0 fully saturated rings. The lowest BCUT2D eigenvalue weighted by Gasteiger charge is -2.07. The summed E-state index contributed by atoms with van der Waals surface area (Å²) in [6.45, 7) is 15.2. The number of hydrogen-bond donors (Lipinski definition) is 1. The van der Waals surface area contributed by atoms with Crippen LogP contribution in [-0.4, -0.2) is 59.2 Å². The van der Waals surface area contributed by atoms with Crippen LogP contribution in [0.5, 0.6) is 23.0 Å². The topological polar surface area (TPSA) is 247 Å². The highest BCUT2D eigenvalue weighted by atomic mass is 35.5. The van der Waals surface area contributed by atoms with Crippen molar-refractivity contribution in [3.05, 3.63) is 238 Å². The monoisotopic (exact) mass is 1140 g/mol. The number of hydrogen-bond acceptors (Lipinski definition) is 13. The largest absolute Gasteiger partial charge is 0.496 e. The third kappa shape index (κ3) is 24.0. The molecule has 0 aromatic heterocycles. The van der Waals surface area contributed by atoms with Gasteiger partial charge in [0.2, 0.25) is 0 Å². The number of methoxy groups -OCH3 is 4. The van der Waals surface area contributed by atoms with E-state index < -0.39 is 25.7 Å². The molecule has 7 rings (SSSR count). The number of ether oxygens (including phenoxy) is 4. The number of carboxylic acids is 1. The molecule has 0 aliphatic rings. The third-order valence-electron chi connectivity index (χ3n) is 10.1. The van der Waals surface area contributed by atoms with E-state index in [1.54, 1.807) is 63.4 Å². The Morgan fingerprint density at radius 3 is 1.29 bits per heavy atom. The number of benzene rings is 7. The van der Waals surface area contributed by atoms with Crippen LogP contribution in [0.2, 0.25) is 20.1 Å². The average Bonchev–Trinajstić information content (AvgIpc) is 3.37. The lowest BCUT2D eigenvalue weighted by Crippen LogP contribution is -1.96. The second-order valence-electron chi connectivity index (χ2n) is 16.1. The fraction of sp³-hybridized carbons (Fsp3) is 0.218. The number of aromatic carboxylic acids is 1. The minimum absolute atomic E-state index is 0.0532. The van der Waals surface area contributed by atoms with E-state index in [1.807, 2.05) is 77.9 Å². The molecular weight excluding hydrogens is 1080 g/mol. The first-order valence-electron chi connectivity index (χ1n) is 22.4. The number of non-ortho nitro benzene ring substituents is 2. The van der Waals surface area contributed by atoms with Crippen molar-refractivity contribution in [2.24, 2.45) is 0 Å². The van der Waals surface area contributed by atoms with Crippen LogP contribution in [-0.2, 0) is 0 Å². The van der Waals surface area contributed by atoms with Crippen molar-refractivity contribution in [1.82, 2.24) is 0 Å². The van der Waals surface area contributed by atoms with Gasteiger partial charge < -0.3 is 24.1 Å². The van der Waals surface area contributed by atoms with E-state index in [0.29, 0.717) is 27.1 Å². The van der Waals surface area contributed by atoms with Gasteiger partial charge in [-0.1, -0.05) is 100.0 Å². The maximum Gasteiger partial charge on any atom is 0.335 e. The molecular formula is C55H58Cl4N4O14. The van der Waals surface area contributed by atoms with Crippen molar-refractivity contribution in [2.45, 2.75) is 55.4 Å². The summed E-state index contributed by atoms with van der Waals surface area (Å²) in [6.07, 6.45) is 0. The molecule has 0 bridgehead atoms. The molecule has 0 aliphatic heterocycles. The van der Waals surface area contributed by atoms with Crippen molar-refractivity contribution in [2.75, 3.05) is 28.4 Å². The highest BCUT2D eigenvalue weighted by Gasteiger charge is 2.18. The minimum atomic E-state index is -0.872. The molecule has 22 heteroatoms. The zero-order valence-corrected chi connectivity index (χ0v) is 47.2. The van der Waals surface area contributed by atoms with Crippen LogP contribution in [0.25, 0.3) is 0 Å². The molecule has 0 saturated carbocycles. The van der Waals surface area contributed by atoms with Crippen LogP contribution in [0.3, 0.4) is 0 Å². The Morgan fingerprint density at radius 1 is 0.390 bits per heavy atom. The second-order valence-corrected chi connectivity index (χ2v) is 17.8. The van der Waals surface area contributed by atoms with Gasteiger partial charge in [0.1, 0.15) is 22.3 Å². The van der Waals surface area contributed by atoms with Gasteiger partial charge in [0.05, 0.1) is 75.9 Å². The first-order chi connectivity index (χ1) is 36.1. The lowest BCUT2D eigenvalue weighted by molar-refractivity contribution is -0.385. The number of halogens is 4. The Balaban J connectivity index is 0.000000451. The Morgan fingerprint density at radius 2 is 0.844 bits per heavy atom. The van der Waals surface area contributed by atoms with Crippen molar-refractivity contribution in [3.8, 4) is 23.0 Å². The zero-order valence-electron chi connectivity index (χ0n) is 44.2. The van der Waals surface area contributed by atoms with Crippen LogP contribution in [0.4, 0.5) is 22.7 Å². The van der Waals surface area contributed by atoms with Gasteiger partial charge in [-0.3, -0.25) is 40.5 Å². The molecule has 0 spiro atoms. The number of rotatable bonds is 9. The van der Waals surface area contributed by atoms with Gasteiger partial charge in [-0.25, -0.2) is 4.79 Å². The normalized spacial score (nSPS) is 9.56. The van der Waals surface area contributed by atoms with E-state index in [2.05, 4.69) is 6.07 Å². The SMILES string of the molecule is COc1cc([N+](=O)[O-])c(OC)cc1C.COc1cc([N+](=O)[O-])ccc1C.COc1ccc(C)cc1Cl.Cc1cc(Cl)c([N+](=O)[O-])cc1Cl.Cc1ccc(C)c(Cl)c1.Cc1ccc([N+](=O)[O-])cc1.Cc1cccc(C(=O)O)c1. The summed E-state index contributed by atoms with van der Waals surface area (Å²) in [5, 5.41) is 51.9. The summed E-state index contributed by atoms with van der Waals surface area (Å²) in [4.78, 5) is 49.9. The lowest BCUT2D eigenvalue weighted by atomic mass is 10.1. The molecule has 77 heavy (non-hydrogen) atoms. The number of carboxylic acid groups (broad SMARTS) is 1. The van der Waals surface area contributed by atoms with Gasteiger partial charge in [0, 0.05) is 29.3 Å². The van der Waals surface area contributed by atoms with Gasteiger partial charge >= 0.3 is 11.7 Å². The first-order valence-corrected chi connectivity index (χ1v) is 23.9. The minimum Gasteiger partial charge on any atom is -0.496 e. The summed E-state index contributed by atoms with van der Waals surface area (Å²) in [7, 11) is 5.97. The van der Waals surface area contributed by atoms with E-state index in [0.717, 1.165) is 49.7 Å². The molecule has 0 aliphatic carbocycles. The Bertz CT molecular complexity index is 3120. The van der Waals surface area contributed by atoms with Crippen LogP contribution in [0.1, 0.15) is 54.9 Å². The number of aryl methyl sites for hydroxylation is 8. The molecule has 0 radical (unpaired) electrons. The molecule has 1 N–H and O–H groups in total. The van der Waals surface area contributed by atoms with Crippen molar-refractivity contribution in [1.29, 1.82) is 0 Å². The van der Waals surface area contributed by atoms with Crippen LogP contribution < -0.4 is 18.9 Å². The smallest absolute Gasteiger partial charge is 0.335 e.